The van der Waals surface area contributed by atoms with Crippen molar-refractivity contribution in [2.75, 3.05) is 0 Å². The van der Waals surface area contributed by atoms with Crippen molar-refractivity contribution in [2.24, 2.45) is 11.3 Å². The molecule has 2 heteroatoms. The van der Waals surface area contributed by atoms with Crippen LogP contribution in [0.25, 0.3) is 0 Å². The Morgan fingerprint density at radius 2 is 1.58 bits per heavy atom. The Morgan fingerprint density at radius 3 is 2.00 bits per heavy atom. The molecule has 0 heterocycles. The molecule has 0 amide bonds. The lowest BCUT2D eigenvalue weighted by Crippen LogP contribution is -2.23. The summed E-state index contributed by atoms with van der Waals surface area (Å²) in [7, 11) is 0. The fourth-order valence-corrected chi connectivity index (χ4v) is 1.81. The molecule has 0 spiro atoms. The summed E-state index contributed by atoms with van der Waals surface area (Å²) in [5.74, 6) is 0.504. The van der Waals surface area contributed by atoms with Crippen molar-refractivity contribution >= 4 is 11.6 Å². The normalized spacial score (nSPS) is 11.7. The van der Waals surface area contributed by atoms with Crippen LogP contribution >= 0.6 is 0 Å². The zero-order valence-electron chi connectivity index (χ0n) is 12.6. The first-order valence-electron chi connectivity index (χ1n) is 6.85. The van der Waals surface area contributed by atoms with Gasteiger partial charge in [0.1, 0.15) is 5.78 Å². The second kappa shape index (κ2) is 6.14. The van der Waals surface area contributed by atoms with E-state index in [0.29, 0.717) is 11.5 Å². The molecule has 0 N–H and O–H groups in total. The Morgan fingerprint density at radius 1 is 1.05 bits per heavy atom. The zero-order valence-corrected chi connectivity index (χ0v) is 12.6. The van der Waals surface area contributed by atoms with Crippen molar-refractivity contribution in [3.63, 3.8) is 0 Å². The lowest BCUT2D eigenvalue weighted by atomic mass is 9.87. The second-order valence-corrected chi connectivity index (χ2v) is 6.57. The van der Waals surface area contributed by atoms with E-state index in [-0.39, 0.29) is 18.0 Å². The third-order valence-corrected chi connectivity index (χ3v) is 3.08. The topological polar surface area (TPSA) is 34.1 Å². The highest BCUT2D eigenvalue weighted by Crippen LogP contribution is 2.19. The van der Waals surface area contributed by atoms with Crippen LogP contribution in [0, 0.1) is 11.3 Å². The summed E-state index contributed by atoms with van der Waals surface area (Å²) in [6, 6.07) is 7.62. The number of benzene rings is 1. The molecule has 0 radical (unpaired) electrons. The molecule has 0 unspecified atom stereocenters. The summed E-state index contributed by atoms with van der Waals surface area (Å²) in [6.45, 7) is 9.86. The van der Waals surface area contributed by atoms with Gasteiger partial charge in [-0.3, -0.25) is 9.59 Å². The van der Waals surface area contributed by atoms with E-state index in [1.807, 2.05) is 45.0 Å². The predicted octanol–water partition coefficient (Wildman–Crippen LogP) is 4.07. The van der Waals surface area contributed by atoms with Gasteiger partial charge in [0.2, 0.25) is 0 Å². The van der Waals surface area contributed by atoms with Crippen molar-refractivity contribution in [1.29, 1.82) is 0 Å². The monoisotopic (exact) mass is 260 g/mol. The third-order valence-electron chi connectivity index (χ3n) is 3.08. The summed E-state index contributed by atoms with van der Waals surface area (Å²) in [4.78, 5) is 23.9. The standard InChI is InChI=1S/C17H24O2/c1-12(2)10-13-6-8-14(9-7-13)15(18)11-16(19)17(3,4)5/h6-9,12H,10-11H2,1-5H3. The van der Waals surface area contributed by atoms with Crippen molar-refractivity contribution in [1.82, 2.24) is 0 Å². The van der Waals surface area contributed by atoms with Gasteiger partial charge in [-0.1, -0.05) is 58.9 Å². The van der Waals surface area contributed by atoms with Crippen LogP contribution in [-0.2, 0) is 11.2 Å². The van der Waals surface area contributed by atoms with Gasteiger partial charge in [-0.05, 0) is 17.9 Å². The van der Waals surface area contributed by atoms with Crippen LogP contribution < -0.4 is 0 Å². The van der Waals surface area contributed by atoms with E-state index in [4.69, 9.17) is 0 Å². The zero-order chi connectivity index (χ0) is 14.6. The van der Waals surface area contributed by atoms with Gasteiger partial charge in [-0.2, -0.15) is 0 Å². The maximum atomic E-state index is 12.0. The minimum atomic E-state index is -0.451. The molecule has 0 saturated carbocycles. The lowest BCUT2D eigenvalue weighted by molar-refractivity contribution is -0.125. The van der Waals surface area contributed by atoms with Crippen LogP contribution in [-0.4, -0.2) is 11.6 Å². The fraction of sp³-hybridized carbons (Fsp3) is 0.529. The molecule has 0 aliphatic carbocycles. The molecule has 0 aliphatic heterocycles. The van der Waals surface area contributed by atoms with Gasteiger partial charge >= 0.3 is 0 Å². The predicted molar refractivity (Wildman–Crippen MR) is 78.4 cm³/mol. The van der Waals surface area contributed by atoms with E-state index in [9.17, 15) is 9.59 Å². The summed E-state index contributed by atoms with van der Waals surface area (Å²) >= 11 is 0. The van der Waals surface area contributed by atoms with E-state index < -0.39 is 5.41 Å². The number of ketones is 2. The summed E-state index contributed by atoms with van der Waals surface area (Å²) in [5.41, 5.74) is 1.41. The molecular weight excluding hydrogens is 236 g/mol. The lowest BCUT2D eigenvalue weighted by Gasteiger charge is -2.15. The Bertz CT molecular complexity index is 447. The minimum Gasteiger partial charge on any atom is -0.299 e. The molecule has 1 rings (SSSR count). The van der Waals surface area contributed by atoms with E-state index in [1.165, 1.54) is 5.56 Å². The van der Waals surface area contributed by atoms with Crippen LogP contribution in [0.3, 0.4) is 0 Å². The molecule has 0 fully saturated rings. The molecule has 2 nitrogen and oxygen atoms in total. The highest BCUT2D eigenvalue weighted by Gasteiger charge is 2.24. The largest absolute Gasteiger partial charge is 0.299 e. The van der Waals surface area contributed by atoms with Crippen molar-refractivity contribution in [3.05, 3.63) is 35.4 Å². The Kier molecular flexibility index (Phi) is 5.04. The molecule has 0 saturated heterocycles. The van der Waals surface area contributed by atoms with Crippen molar-refractivity contribution in [2.45, 2.75) is 47.5 Å². The van der Waals surface area contributed by atoms with Gasteiger partial charge in [-0.25, -0.2) is 0 Å². The number of rotatable bonds is 5. The van der Waals surface area contributed by atoms with Gasteiger partial charge in [0.05, 0.1) is 6.42 Å². The van der Waals surface area contributed by atoms with Crippen LogP contribution in [0.2, 0.25) is 0 Å². The van der Waals surface area contributed by atoms with Crippen LogP contribution in [0.4, 0.5) is 0 Å². The first kappa shape index (κ1) is 15.6. The quantitative estimate of drug-likeness (QED) is 0.590. The van der Waals surface area contributed by atoms with Crippen LogP contribution in [0.5, 0.6) is 0 Å². The molecule has 104 valence electrons. The highest BCUT2D eigenvalue weighted by molar-refractivity contribution is 6.09. The van der Waals surface area contributed by atoms with E-state index in [1.54, 1.807) is 0 Å². The molecule has 1 aromatic carbocycles. The molecule has 0 bridgehead atoms. The minimum absolute atomic E-state index is 0.00692. The molecule has 19 heavy (non-hydrogen) atoms. The Hall–Kier alpha value is -1.44. The maximum Gasteiger partial charge on any atom is 0.170 e. The number of carbonyl (C=O) groups is 2. The average molecular weight is 260 g/mol. The van der Waals surface area contributed by atoms with Crippen molar-refractivity contribution in [3.8, 4) is 0 Å². The van der Waals surface area contributed by atoms with Gasteiger partial charge in [-0.15, -0.1) is 0 Å². The first-order valence-corrected chi connectivity index (χ1v) is 6.85. The fourth-order valence-electron chi connectivity index (χ4n) is 1.81. The molecule has 0 aromatic heterocycles. The van der Waals surface area contributed by atoms with E-state index >= 15 is 0 Å². The molecule has 0 atom stereocenters. The number of hydrogen-bond donors (Lipinski definition) is 0. The molecule has 1 aromatic rings. The SMILES string of the molecule is CC(C)Cc1ccc(C(=O)CC(=O)C(C)(C)C)cc1. The number of carbonyl (C=O) groups excluding carboxylic acids is 2. The molecule has 0 aliphatic rings. The smallest absolute Gasteiger partial charge is 0.170 e. The Balaban J connectivity index is 2.71. The van der Waals surface area contributed by atoms with Gasteiger partial charge in [0, 0.05) is 11.0 Å². The highest BCUT2D eigenvalue weighted by atomic mass is 16.1. The van der Waals surface area contributed by atoms with E-state index in [2.05, 4.69) is 13.8 Å². The maximum absolute atomic E-state index is 12.0. The van der Waals surface area contributed by atoms with Gasteiger partial charge in [0.15, 0.2) is 5.78 Å². The van der Waals surface area contributed by atoms with Gasteiger partial charge < -0.3 is 0 Å². The second-order valence-electron chi connectivity index (χ2n) is 6.57. The van der Waals surface area contributed by atoms with Crippen LogP contribution in [0.15, 0.2) is 24.3 Å². The summed E-state index contributed by atoms with van der Waals surface area (Å²) in [6.07, 6.45) is 1.00. The number of Topliss-reactive ketones (excluding diaryl/α,β-unsaturated/α-hetero) is 2. The van der Waals surface area contributed by atoms with E-state index in [0.717, 1.165) is 6.42 Å². The van der Waals surface area contributed by atoms with Crippen molar-refractivity contribution < 1.29 is 9.59 Å². The summed E-state index contributed by atoms with van der Waals surface area (Å²) < 4.78 is 0. The van der Waals surface area contributed by atoms with Crippen LogP contribution in [0.1, 0.15) is 57.0 Å². The number of hydrogen-bond acceptors (Lipinski definition) is 2. The Labute approximate surface area is 116 Å². The summed E-state index contributed by atoms with van der Waals surface area (Å²) in [5, 5.41) is 0. The third kappa shape index (κ3) is 4.98. The first-order chi connectivity index (χ1) is 8.70. The molecular formula is C17H24O2. The van der Waals surface area contributed by atoms with Gasteiger partial charge in [0.25, 0.3) is 0 Å². The average Bonchev–Trinajstić information content (AvgIpc) is 2.27.